The Morgan fingerprint density at radius 2 is 2.13 bits per heavy atom. The van der Waals surface area contributed by atoms with Gasteiger partial charge in [0.15, 0.2) is 0 Å². The van der Waals surface area contributed by atoms with Crippen molar-refractivity contribution in [3.8, 4) is 0 Å². The van der Waals surface area contributed by atoms with Crippen LogP contribution in [0.5, 0.6) is 0 Å². The molecule has 0 saturated carbocycles. The summed E-state index contributed by atoms with van der Waals surface area (Å²) in [6.07, 6.45) is 4.02. The summed E-state index contributed by atoms with van der Waals surface area (Å²) in [7, 11) is 2.23. The molecular weight excluding hydrogens is 188 g/mol. The van der Waals surface area contributed by atoms with Crippen molar-refractivity contribution >= 4 is 0 Å². The van der Waals surface area contributed by atoms with Gasteiger partial charge in [0.05, 0.1) is 6.61 Å². The Bertz CT molecular complexity index is 180. The van der Waals surface area contributed by atoms with Gasteiger partial charge in [-0.05, 0) is 51.2 Å². The van der Waals surface area contributed by atoms with Gasteiger partial charge in [-0.2, -0.15) is 0 Å². The van der Waals surface area contributed by atoms with Crippen LogP contribution in [0.4, 0.5) is 0 Å². The molecule has 0 radical (unpaired) electrons. The summed E-state index contributed by atoms with van der Waals surface area (Å²) in [5, 5.41) is 3.61. The van der Waals surface area contributed by atoms with E-state index in [1.807, 2.05) is 0 Å². The molecule has 2 rings (SSSR count). The predicted molar refractivity (Wildman–Crippen MR) is 62.0 cm³/mol. The van der Waals surface area contributed by atoms with Gasteiger partial charge in [0.25, 0.3) is 0 Å². The standard InChI is InChI=1S/C12H24N2O/c1-14-5-2-3-11(9-14)7-13-8-12-4-6-15-10-12/h11-13H,2-10H2,1H3. The lowest BCUT2D eigenvalue weighted by atomic mass is 9.98. The number of likely N-dealkylation sites (tertiary alicyclic amines) is 1. The first-order valence-electron chi connectivity index (χ1n) is 6.31. The van der Waals surface area contributed by atoms with Crippen LogP contribution < -0.4 is 5.32 Å². The molecule has 2 unspecified atom stereocenters. The summed E-state index contributed by atoms with van der Waals surface area (Å²) < 4.78 is 5.37. The molecule has 0 aromatic carbocycles. The molecule has 2 heterocycles. The molecule has 0 aliphatic carbocycles. The number of nitrogens with one attached hydrogen (secondary N) is 1. The molecule has 88 valence electrons. The molecule has 2 aliphatic rings. The van der Waals surface area contributed by atoms with Crippen molar-refractivity contribution in [2.75, 3.05) is 46.4 Å². The van der Waals surface area contributed by atoms with E-state index in [0.29, 0.717) is 0 Å². The largest absolute Gasteiger partial charge is 0.381 e. The van der Waals surface area contributed by atoms with Gasteiger partial charge in [-0.25, -0.2) is 0 Å². The monoisotopic (exact) mass is 212 g/mol. The van der Waals surface area contributed by atoms with Crippen LogP contribution in [-0.2, 0) is 4.74 Å². The van der Waals surface area contributed by atoms with Gasteiger partial charge in [-0.1, -0.05) is 0 Å². The average molecular weight is 212 g/mol. The molecule has 15 heavy (non-hydrogen) atoms. The molecule has 1 N–H and O–H groups in total. The average Bonchev–Trinajstić information content (AvgIpc) is 2.71. The zero-order valence-electron chi connectivity index (χ0n) is 9.87. The van der Waals surface area contributed by atoms with Crippen molar-refractivity contribution in [2.24, 2.45) is 11.8 Å². The Labute approximate surface area is 93.2 Å². The summed E-state index contributed by atoms with van der Waals surface area (Å²) >= 11 is 0. The maximum absolute atomic E-state index is 5.37. The minimum atomic E-state index is 0.770. The second kappa shape index (κ2) is 5.83. The van der Waals surface area contributed by atoms with Crippen molar-refractivity contribution in [1.82, 2.24) is 10.2 Å². The van der Waals surface area contributed by atoms with Gasteiger partial charge in [0.2, 0.25) is 0 Å². The fourth-order valence-corrected chi connectivity index (χ4v) is 2.68. The number of hydrogen-bond acceptors (Lipinski definition) is 3. The van der Waals surface area contributed by atoms with E-state index in [-0.39, 0.29) is 0 Å². The van der Waals surface area contributed by atoms with Gasteiger partial charge >= 0.3 is 0 Å². The van der Waals surface area contributed by atoms with E-state index in [1.54, 1.807) is 0 Å². The van der Waals surface area contributed by atoms with Crippen LogP contribution in [0.1, 0.15) is 19.3 Å². The molecular formula is C12H24N2O. The smallest absolute Gasteiger partial charge is 0.0507 e. The Kier molecular flexibility index (Phi) is 4.42. The van der Waals surface area contributed by atoms with Crippen LogP contribution in [0.3, 0.4) is 0 Å². The van der Waals surface area contributed by atoms with Crippen molar-refractivity contribution in [3.63, 3.8) is 0 Å². The van der Waals surface area contributed by atoms with Crippen LogP contribution in [0, 0.1) is 11.8 Å². The molecule has 2 aliphatic heterocycles. The summed E-state index contributed by atoms with van der Waals surface area (Å²) in [6, 6.07) is 0. The van der Waals surface area contributed by atoms with Crippen molar-refractivity contribution in [3.05, 3.63) is 0 Å². The fraction of sp³-hybridized carbons (Fsp3) is 1.00. The van der Waals surface area contributed by atoms with E-state index in [4.69, 9.17) is 4.74 Å². The third-order valence-electron chi connectivity index (χ3n) is 3.61. The van der Waals surface area contributed by atoms with E-state index in [1.165, 1.54) is 38.9 Å². The zero-order chi connectivity index (χ0) is 10.5. The molecule has 2 fully saturated rings. The van der Waals surface area contributed by atoms with Crippen LogP contribution in [0.15, 0.2) is 0 Å². The second-order valence-electron chi connectivity index (χ2n) is 5.16. The lowest BCUT2D eigenvalue weighted by Gasteiger charge is -2.30. The van der Waals surface area contributed by atoms with Crippen LogP contribution in [0.25, 0.3) is 0 Å². The van der Waals surface area contributed by atoms with Crippen LogP contribution in [0.2, 0.25) is 0 Å². The van der Waals surface area contributed by atoms with Crippen molar-refractivity contribution in [2.45, 2.75) is 19.3 Å². The predicted octanol–water partition coefficient (Wildman–Crippen LogP) is 0.954. The maximum Gasteiger partial charge on any atom is 0.0507 e. The first-order chi connectivity index (χ1) is 7.34. The third-order valence-corrected chi connectivity index (χ3v) is 3.61. The molecule has 0 spiro atoms. The molecule has 3 heteroatoms. The minimum Gasteiger partial charge on any atom is -0.381 e. The Hall–Kier alpha value is -0.120. The van der Waals surface area contributed by atoms with Crippen molar-refractivity contribution < 1.29 is 4.74 Å². The van der Waals surface area contributed by atoms with Crippen LogP contribution in [-0.4, -0.2) is 51.3 Å². The molecule has 0 bridgehead atoms. The highest BCUT2D eigenvalue weighted by Crippen LogP contribution is 2.15. The number of nitrogens with zero attached hydrogens (tertiary/aromatic N) is 1. The fourth-order valence-electron chi connectivity index (χ4n) is 2.68. The highest BCUT2D eigenvalue weighted by molar-refractivity contribution is 4.74. The number of ether oxygens (including phenoxy) is 1. The van der Waals surface area contributed by atoms with E-state index >= 15 is 0 Å². The van der Waals surface area contributed by atoms with Crippen LogP contribution >= 0.6 is 0 Å². The van der Waals surface area contributed by atoms with E-state index < -0.39 is 0 Å². The molecule has 0 aromatic rings. The number of hydrogen-bond donors (Lipinski definition) is 1. The van der Waals surface area contributed by atoms with E-state index in [2.05, 4.69) is 17.3 Å². The quantitative estimate of drug-likeness (QED) is 0.751. The summed E-state index contributed by atoms with van der Waals surface area (Å²) in [4.78, 5) is 2.45. The van der Waals surface area contributed by atoms with Gasteiger partial charge in [-0.3, -0.25) is 0 Å². The number of piperidine rings is 1. The summed E-state index contributed by atoms with van der Waals surface area (Å²) in [5.74, 6) is 1.64. The summed E-state index contributed by atoms with van der Waals surface area (Å²) in [5.41, 5.74) is 0. The Morgan fingerprint density at radius 1 is 1.27 bits per heavy atom. The molecule has 3 nitrogen and oxygen atoms in total. The third kappa shape index (κ3) is 3.74. The Morgan fingerprint density at radius 3 is 2.87 bits per heavy atom. The normalized spacial score (nSPS) is 33.4. The molecule has 2 atom stereocenters. The van der Waals surface area contributed by atoms with Crippen molar-refractivity contribution in [1.29, 1.82) is 0 Å². The number of rotatable bonds is 4. The molecule has 0 aromatic heterocycles. The van der Waals surface area contributed by atoms with Gasteiger partial charge in [-0.15, -0.1) is 0 Å². The minimum absolute atomic E-state index is 0.770. The highest BCUT2D eigenvalue weighted by Gasteiger charge is 2.18. The first-order valence-corrected chi connectivity index (χ1v) is 6.31. The maximum atomic E-state index is 5.37. The Balaban J connectivity index is 1.56. The van der Waals surface area contributed by atoms with Gasteiger partial charge in [0.1, 0.15) is 0 Å². The van der Waals surface area contributed by atoms with Gasteiger partial charge in [0, 0.05) is 19.7 Å². The molecule has 0 amide bonds. The topological polar surface area (TPSA) is 24.5 Å². The summed E-state index contributed by atoms with van der Waals surface area (Å²) in [6.45, 7) is 6.85. The lowest BCUT2D eigenvalue weighted by Crippen LogP contribution is -2.38. The van der Waals surface area contributed by atoms with E-state index in [9.17, 15) is 0 Å². The SMILES string of the molecule is CN1CCCC(CNCC2CCOC2)C1. The highest BCUT2D eigenvalue weighted by atomic mass is 16.5. The van der Waals surface area contributed by atoms with Gasteiger partial charge < -0.3 is 15.0 Å². The van der Waals surface area contributed by atoms with E-state index in [0.717, 1.165) is 31.6 Å². The zero-order valence-corrected chi connectivity index (χ0v) is 9.87. The lowest BCUT2D eigenvalue weighted by molar-refractivity contribution is 0.182. The second-order valence-corrected chi connectivity index (χ2v) is 5.16. The first kappa shape index (κ1) is 11.4. The molecule has 2 saturated heterocycles.